The number of carbonyl (C=O) groups is 1. The average molecular weight is 202 g/mol. The zero-order valence-corrected chi connectivity index (χ0v) is 8.25. The molecule has 4 heteroatoms. The van der Waals surface area contributed by atoms with E-state index in [0.29, 0.717) is 12.0 Å². The van der Waals surface area contributed by atoms with Crippen LogP contribution < -0.4 is 4.74 Å². The molecule has 0 bridgehead atoms. The number of benzene rings is 1. The van der Waals surface area contributed by atoms with Crippen molar-refractivity contribution in [3.63, 3.8) is 0 Å². The fraction of sp³-hybridized carbons (Fsp3) is 0.0909. The predicted octanol–water partition coefficient (Wildman–Crippen LogP) is 1.69. The summed E-state index contributed by atoms with van der Waals surface area (Å²) in [5.41, 5.74) is 1.22. The van der Waals surface area contributed by atoms with E-state index in [0.717, 1.165) is 11.4 Å². The molecule has 0 unspecified atom stereocenters. The first-order valence-corrected chi connectivity index (χ1v) is 4.49. The molecule has 76 valence electrons. The van der Waals surface area contributed by atoms with Gasteiger partial charge in [-0.05, 0) is 18.2 Å². The molecule has 0 atom stereocenters. The summed E-state index contributed by atoms with van der Waals surface area (Å²) >= 11 is 0. The maximum absolute atomic E-state index is 10.5. The van der Waals surface area contributed by atoms with Gasteiger partial charge in [0.05, 0.1) is 7.11 Å². The van der Waals surface area contributed by atoms with E-state index in [-0.39, 0.29) is 0 Å². The van der Waals surface area contributed by atoms with Crippen LogP contribution in [0.2, 0.25) is 0 Å². The molecule has 0 radical (unpaired) electrons. The van der Waals surface area contributed by atoms with Crippen LogP contribution in [0.25, 0.3) is 5.69 Å². The van der Waals surface area contributed by atoms with Gasteiger partial charge in [0.2, 0.25) is 0 Å². The summed E-state index contributed by atoms with van der Waals surface area (Å²) < 4.78 is 6.81. The minimum absolute atomic E-state index is 0.404. The topological polar surface area (TPSA) is 44.1 Å². The molecule has 1 aromatic heterocycles. The number of para-hydroxylation sites is 2. The van der Waals surface area contributed by atoms with Crippen molar-refractivity contribution >= 4 is 6.29 Å². The van der Waals surface area contributed by atoms with Gasteiger partial charge in [0.25, 0.3) is 0 Å². The van der Waals surface area contributed by atoms with Gasteiger partial charge in [-0.2, -0.15) is 5.10 Å². The maximum atomic E-state index is 10.5. The SMILES string of the molecule is COc1ccccc1-n1ccc(C=O)n1. The number of hydrogen-bond acceptors (Lipinski definition) is 3. The second-order valence-electron chi connectivity index (χ2n) is 2.97. The summed E-state index contributed by atoms with van der Waals surface area (Å²) in [7, 11) is 1.60. The molecule has 15 heavy (non-hydrogen) atoms. The third-order valence-corrected chi connectivity index (χ3v) is 2.06. The Bertz CT molecular complexity index is 477. The van der Waals surface area contributed by atoms with Gasteiger partial charge in [-0.1, -0.05) is 12.1 Å². The first-order valence-electron chi connectivity index (χ1n) is 4.49. The highest BCUT2D eigenvalue weighted by molar-refractivity contribution is 5.71. The number of carbonyl (C=O) groups excluding carboxylic acids is 1. The molecule has 0 aliphatic carbocycles. The van der Waals surface area contributed by atoms with E-state index in [9.17, 15) is 4.79 Å². The molecule has 0 saturated heterocycles. The third-order valence-electron chi connectivity index (χ3n) is 2.06. The van der Waals surface area contributed by atoms with Gasteiger partial charge < -0.3 is 4.74 Å². The number of hydrogen-bond donors (Lipinski definition) is 0. The number of aromatic nitrogens is 2. The van der Waals surface area contributed by atoms with Gasteiger partial charge in [-0.15, -0.1) is 0 Å². The summed E-state index contributed by atoms with van der Waals surface area (Å²) in [5, 5.41) is 4.08. The van der Waals surface area contributed by atoms with E-state index < -0.39 is 0 Å². The summed E-state index contributed by atoms with van der Waals surface area (Å²) in [4.78, 5) is 10.5. The van der Waals surface area contributed by atoms with Crippen molar-refractivity contribution in [2.24, 2.45) is 0 Å². The van der Waals surface area contributed by atoms with Gasteiger partial charge in [0.15, 0.2) is 6.29 Å². The van der Waals surface area contributed by atoms with E-state index in [1.165, 1.54) is 0 Å². The van der Waals surface area contributed by atoms with Crippen LogP contribution in [0.5, 0.6) is 5.75 Å². The van der Waals surface area contributed by atoms with Crippen molar-refractivity contribution in [3.05, 3.63) is 42.2 Å². The Balaban J connectivity index is 2.48. The number of methoxy groups -OCH3 is 1. The molecular formula is C11H10N2O2. The van der Waals surface area contributed by atoms with Crippen LogP contribution in [0, 0.1) is 0 Å². The zero-order chi connectivity index (χ0) is 10.7. The first kappa shape index (κ1) is 9.45. The quantitative estimate of drug-likeness (QED) is 0.711. The van der Waals surface area contributed by atoms with Crippen molar-refractivity contribution in [1.29, 1.82) is 0 Å². The maximum Gasteiger partial charge on any atom is 0.170 e. The second-order valence-corrected chi connectivity index (χ2v) is 2.97. The normalized spacial score (nSPS) is 9.93. The summed E-state index contributed by atoms with van der Waals surface area (Å²) in [5.74, 6) is 0.720. The van der Waals surface area contributed by atoms with Gasteiger partial charge in [-0.25, -0.2) is 4.68 Å². The molecular weight excluding hydrogens is 192 g/mol. The summed E-state index contributed by atoms with van der Waals surface area (Å²) in [6.45, 7) is 0. The van der Waals surface area contributed by atoms with Crippen molar-refractivity contribution in [3.8, 4) is 11.4 Å². The highest BCUT2D eigenvalue weighted by atomic mass is 16.5. The summed E-state index contributed by atoms with van der Waals surface area (Å²) in [6.07, 6.45) is 2.44. The molecule has 1 aromatic carbocycles. The largest absolute Gasteiger partial charge is 0.494 e. The molecule has 0 spiro atoms. The Labute approximate surface area is 87.1 Å². The van der Waals surface area contributed by atoms with E-state index in [2.05, 4.69) is 5.10 Å². The van der Waals surface area contributed by atoms with Crippen molar-refractivity contribution in [2.45, 2.75) is 0 Å². The van der Waals surface area contributed by atoms with Gasteiger partial charge in [-0.3, -0.25) is 4.79 Å². The predicted molar refractivity (Wildman–Crippen MR) is 55.5 cm³/mol. The Hall–Kier alpha value is -2.10. The Morgan fingerprint density at radius 1 is 1.33 bits per heavy atom. The molecule has 4 nitrogen and oxygen atoms in total. The van der Waals surface area contributed by atoms with Crippen LogP contribution in [0.15, 0.2) is 36.5 Å². The summed E-state index contributed by atoms with van der Waals surface area (Å²) in [6, 6.07) is 9.14. The highest BCUT2D eigenvalue weighted by Crippen LogP contribution is 2.20. The van der Waals surface area contributed by atoms with Crippen LogP contribution in [-0.4, -0.2) is 23.2 Å². The average Bonchev–Trinajstić information content (AvgIpc) is 2.77. The first-order chi connectivity index (χ1) is 7.35. The molecule has 0 N–H and O–H groups in total. The van der Waals surface area contributed by atoms with Crippen LogP contribution in [0.4, 0.5) is 0 Å². The Morgan fingerprint density at radius 3 is 2.80 bits per heavy atom. The number of ether oxygens (including phenoxy) is 1. The lowest BCUT2D eigenvalue weighted by Gasteiger charge is -2.06. The minimum Gasteiger partial charge on any atom is -0.494 e. The van der Waals surface area contributed by atoms with Gasteiger partial charge in [0.1, 0.15) is 17.1 Å². The molecule has 0 aliphatic rings. The monoisotopic (exact) mass is 202 g/mol. The van der Waals surface area contributed by atoms with Crippen LogP contribution in [-0.2, 0) is 0 Å². The highest BCUT2D eigenvalue weighted by Gasteiger charge is 2.05. The number of nitrogens with zero attached hydrogens (tertiary/aromatic N) is 2. The molecule has 1 heterocycles. The van der Waals surface area contributed by atoms with Gasteiger partial charge in [0, 0.05) is 6.20 Å². The lowest BCUT2D eigenvalue weighted by atomic mass is 10.3. The van der Waals surface area contributed by atoms with E-state index in [1.807, 2.05) is 24.3 Å². The van der Waals surface area contributed by atoms with Crippen molar-refractivity contribution in [1.82, 2.24) is 9.78 Å². The van der Waals surface area contributed by atoms with E-state index >= 15 is 0 Å². The molecule has 0 saturated carbocycles. The second kappa shape index (κ2) is 3.96. The lowest BCUT2D eigenvalue weighted by Crippen LogP contribution is -1.98. The minimum atomic E-state index is 0.404. The Kier molecular flexibility index (Phi) is 2.49. The Morgan fingerprint density at radius 2 is 2.13 bits per heavy atom. The van der Waals surface area contributed by atoms with Crippen molar-refractivity contribution in [2.75, 3.05) is 7.11 Å². The van der Waals surface area contributed by atoms with Crippen LogP contribution in [0.1, 0.15) is 10.5 Å². The molecule has 0 aliphatic heterocycles. The molecule has 2 rings (SSSR count). The van der Waals surface area contributed by atoms with Gasteiger partial charge >= 0.3 is 0 Å². The van der Waals surface area contributed by atoms with E-state index in [1.54, 1.807) is 24.1 Å². The van der Waals surface area contributed by atoms with E-state index in [4.69, 9.17) is 4.74 Å². The zero-order valence-electron chi connectivity index (χ0n) is 8.25. The standard InChI is InChI=1S/C11H10N2O2/c1-15-11-5-3-2-4-10(11)13-7-6-9(8-14)12-13/h2-8H,1H3. The number of aldehydes is 1. The molecule has 2 aromatic rings. The molecule has 0 fully saturated rings. The van der Waals surface area contributed by atoms with Crippen molar-refractivity contribution < 1.29 is 9.53 Å². The third kappa shape index (κ3) is 1.74. The van der Waals surface area contributed by atoms with Crippen LogP contribution >= 0.6 is 0 Å². The molecule has 0 amide bonds. The number of rotatable bonds is 3. The smallest absolute Gasteiger partial charge is 0.170 e. The lowest BCUT2D eigenvalue weighted by molar-refractivity contribution is 0.111. The van der Waals surface area contributed by atoms with Crippen LogP contribution in [0.3, 0.4) is 0 Å². The fourth-order valence-electron chi connectivity index (χ4n) is 1.35. The fourth-order valence-corrected chi connectivity index (χ4v) is 1.35.